The number of carbonyl (C=O) groups is 1. The first-order chi connectivity index (χ1) is 9.25. The molecule has 1 saturated heterocycles. The predicted octanol–water partition coefficient (Wildman–Crippen LogP) is 3.47. The lowest BCUT2D eigenvalue weighted by Gasteiger charge is -2.24. The summed E-state index contributed by atoms with van der Waals surface area (Å²) < 4.78 is 0. The standard InChI is InChI=1S/C16H32N2O/c1-2-3-4-5-6-7-8-9-12-15(16(17)19)18-13-10-11-14-18/h15H,2-14H2,1H3,(H2,17,19). The van der Waals surface area contributed by atoms with Crippen molar-refractivity contribution < 1.29 is 4.79 Å². The third-order valence-electron chi connectivity index (χ3n) is 4.24. The van der Waals surface area contributed by atoms with Crippen molar-refractivity contribution in [3.8, 4) is 0 Å². The second kappa shape index (κ2) is 10.2. The van der Waals surface area contributed by atoms with Gasteiger partial charge in [-0.1, -0.05) is 58.3 Å². The van der Waals surface area contributed by atoms with Crippen molar-refractivity contribution in [2.75, 3.05) is 13.1 Å². The lowest BCUT2D eigenvalue weighted by atomic mass is 10.0. The second-order valence-corrected chi connectivity index (χ2v) is 5.92. The third kappa shape index (κ3) is 6.95. The Balaban J connectivity index is 2.03. The predicted molar refractivity (Wildman–Crippen MR) is 81.0 cm³/mol. The topological polar surface area (TPSA) is 46.3 Å². The zero-order valence-corrected chi connectivity index (χ0v) is 12.7. The molecule has 1 fully saturated rings. The molecule has 0 saturated carbocycles. The van der Waals surface area contributed by atoms with E-state index in [1.54, 1.807) is 0 Å². The van der Waals surface area contributed by atoms with Gasteiger partial charge in [-0.3, -0.25) is 9.69 Å². The molecule has 1 amide bonds. The zero-order valence-electron chi connectivity index (χ0n) is 12.7. The fourth-order valence-electron chi connectivity index (χ4n) is 3.03. The smallest absolute Gasteiger partial charge is 0.234 e. The minimum Gasteiger partial charge on any atom is -0.368 e. The van der Waals surface area contributed by atoms with Crippen LogP contribution in [0.4, 0.5) is 0 Å². The van der Waals surface area contributed by atoms with Crippen LogP contribution in [0.25, 0.3) is 0 Å². The summed E-state index contributed by atoms with van der Waals surface area (Å²) in [6.45, 7) is 4.37. The number of hydrogen-bond acceptors (Lipinski definition) is 2. The lowest BCUT2D eigenvalue weighted by molar-refractivity contribution is -0.123. The average Bonchev–Trinajstić information content (AvgIpc) is 2.90. The van der Waals surface area contributed by atoms with E-state index in [1.165, 1.54) is 57.8 Å². The third-order valence-corrected chi connectivity index (χ3v) is 4.24. The van der Waals surface area contributed by atoms with E-state index in [1.807, 2.05) is 0 Å². The first-order valence-electron chi connectivity index (χ1n) is 8.29. The summed E-state index contributed by atoms with van der Waals surface area (Å²) in [4.78, 5) is 13.8. The normalized spacial score (nSPS) is 17.7. The number of amides is 1. The molecule has 1 unspecified atom stereocenters. The van der Waals surface area contributed by atoms with Crippen LogP contribution in [-0.4, -0.2) is 29.9 Å². The van der Waals surface area contributed by atoms with Crippen molar-refractivity contribution in [3.63, 3.8) is 0 Å². The highest BCUT2D eigenvalue weighted by Gasteiger charge is 2.25. The van der Waals surface area contributed by atoms with Crippen molar-refractivity contribution in [3.05, 3.63) is 0 Å². The number of primary amides is 1. The molecule has 1 rings (SSSR count). The molecule has 1 atom stereocenters. The summed E-state index contributed by atoms with van der Waals surface area (Å²) in [7, 11) is 0. The number of carbonyl (C=O) groups excluding carboxylic acids is 1. The molecule has 3 heteroatoms. The number of nitrogens with two attached hydrogens (primary N) is 1. The Hall–Kier alpha value is -0.570. The summed E-state index contributed by atoms with van der Waals surface area (Å²) in [6.07, 6.45) is 13.9. The maximum atomic E-state index is 11.5. The highest BCUT2D eigenvalue weighted by molar-refractivity contribution is 5.79. The summed E-state index contributed by atoms with van der Waals surface area (Å²) >= 11 is 0. The van der Waals surface area contributed by atoms with Gasteiger partial charge in [0.1, 0.15) is 0 Å². The average molecular weight is 268 g/mol. The number of nitrogens with zero attached hydrogens (tertiary/aromatic N) is 1. The molecular formula is C16H32N2O. The largest absolute Gasteiger partial charge is 0.368 e. The molecule has 0 aromatic heterocycles. The Morgan fingerprint density at radius 3 is 2.05 bits per heavy atom. The summed E-state index contributed by atoms with van der Waals surface area (Å²) in [5, 5.41) is 0. The van der Waals surface area contributed by atoms with Crippen molar-refractivity contribution in [2.45, 2.75) is 83.6 Å². The van der Waals surface area contributed by atoms with Gasteiger partial charge in [0, 0.05) is 0 Å². The molecule has 0 radical (unpaired) electrons. The van der Waals surface area contributed by atoms with Gasteiger partial charge in [-0.25, -0.2) is 0 Å². The maximum absolute atomic E-state index is 11.5. The van der Waals surface area contributed by atoms with Crippen molar-refractivity contribution in [1.29, 1.82) is 0 Å². The number of rotatable bonds is 11. The molecular weight excluding hydrogens is 236 g/mol. The van der Waals surface area contributed by atoms with Crippen LogP contribution in [0.5, 0.6) is 0 Å². The Morgan fingerprint density at radius 1 is 1.00 bits per heavy atom. The van der Waals surface area contributed by atoms with E-state index in [4.69, 9.17) is 5.73 Å². The molecule has 0 aromatic rings. The van der Waals surface area contributed by atoms with Gasteiger partial charge in [-0.05, 0) is 32.4 Å². The minimum absolute atomic E-state index is 0.00240. The number of unbranched alkanes of at least 4 members (excludes halogenated alkanes) is 7. The molecule has 1 aliphatic heterocycles. The minimum atomic E-state index is -0.121. The van der Waals surface area contributed by atoms with Gasteiger partial charge in [0.05, 0.1) is 6.04 Å². The molecule has 19 heavy (non-hydrogen) atoms. The van der Waals surface area contributed by atoms with Crippen LogP contribution >= 0.6 is 0 Å². The van der Waals surface area contributed by atoms with Gasteiger partial charge >= 0.3 is 0 Å². The van der Waals surface area contributed by atoms with Gasteiger partial charge < -0.3 is 5.73 Å². The fourth-order valence-corrected chi connectivity index (χ4v) is 3.03. The SMILES string of the molecule is CCCCCCCCCCC(C(N)=O)N1CCCC1. The molecule has 0 bridgehead atoms. The fraction of sp³-hybridized carbons (Fsp3) is 0.938. The van der Waals surface area contributed by atoms with E-state index in [2.05, 4.69) is 11.8 Å². The van der Waals surface area contributed by atoms with E-state index < -0.39 is 0 Å². The van der Waals surface area contributed by atoms with Gasteiger partial charge in [-0.15, -0.1) is 0 Å². The van der Waals surface area contributed by atoms with Gasteiger partial charge in [0.15, 0.2) is 0 Å². The molecule has 0 spiro atoms. The molecule has 3 nitrogen and oxygen atoms in total. The monoisotopic (exact) mass is 268 g/mol. The molecule has 2 N–H and O–H groups in total. The first-order valence-corrected chi connectivity index (χ1v) is 8.29. The van der Waals surface area contributed by atoms with Crippen molar-refractivity contribution in [1.82, 2.24) is 4.90 Å². The summed E-state index contributed by atoms with van der Waals surface area (Å²) in [5.41, 5.74) is 5.53. The van der Waals surface area contributed by atoms with Gasteiger partial charge in [0.2, 0.25) is 5.91 Å². The Morgan fingerprint density at radius 2 is 1.53 bits per heavy atom. The molecule has 1 heterocycles. The van der Waals surface area contributed by atoms with Gasteiger partial charge in [0.25, 0.3) is 0 Å². The number of hydrogen-bond donors (Lipinski definition) is 1. The first kappa shape index (κ1) is 16.5. The van der Waals surface area contributed by atoms with Crippen LogP contribution in [0.1, 0.15) is 77.6 Å². The highest BCUT2D eigenvalue weighted by Crippen LogP contribution is 2.17. The van der Waals surface area contributed by atoms with Crippen molar-refractivity contribution >= 4 is 5.91 Å². The Kier molecular flexibility index (Phi) is 8.89. The van der Waals surface area contributed by atoms with Crippen LogP contribution in [0.15, 0.2) is 0 Å². The highest BCUT2D eigenvalue weighted by atomic mass is 16.1. The van der Waals surface area contributed by atoms with Crippen LogP contribution in [-0.2, 0) is 4.79 Å². The summed E-state index contributed by atoms with van der Waals surface area (Å²) in [6, 6.07) is 0.00240. The Labute approximate surface area is 118 Å². The lowest BCUT2D eigenvalue weighted by Crippen LogP contribution is -2.43. The van der Waals surface area contributed by atoms with E-state index in [-0.39, 0.29) is 11.9 Å². The van der Waals surface area contributed by atoms with Gasteiger partial charge in [-0.2, -0.15) is 0 Å². The van der Waals surface area contributed by atoms with Crippen LogP contribution in [0.3, 0.4) is 0 Å². The van der Waals surface area contributed by atoms with E-state index in [9.17, 15) is 4.79 Å². The van der Waals surface area contributed by atoms with Crippen LogP contribution in [0.2, 0.25) is 0 Å². The van der Waals surface area contributed by atoms with E-state index in [0.29, 0.717) is 0 Å². The van der Waals surface area contributed by atoms with E-state index >= 15 is 0 Å². The summed E-state index contributed by atoms with van der Waals surface area (Å²) in [5.74, 6) is -0.121. The van der Waals surface area contributed by atoms with Crippen LogP contribution in [0, 0.1) is 0 Å². The maximum Gasteiger partial charge on any atom is 0.234 e. The Bertz CT molecular complexity index is 237. The van der Waals surface area contributed by atoms with E-state index in [0.717, 1.165) is 25.9 Å². The molecule has 1 aliphatic rings. The second-order valence-electron chi connectivity index (χ2n) is 5.92. The molecule has 0 aliphatic carbocycles. The number of likely N-dealkylation sites (tertiary alicyclic amines) is 1. The quantitative estimate of drug-likeness (QED) is 0.583. The molecule has 112 valence electrons. The van der Waals surface area contributed by atoms with Crippen LogP contribution < -0.4 is 5.73 Å². The molecule has 0 aromatic carbocycles. The zero-order chi connectivity index (χ0) is 13.9. The van der Waals surface area contributed by atoms with Crippen molar-refractivity contribution in [2.24, 2.45) is 5.73 Å².